The van der Waals surface area contributed by atoms with Gasteiger partial charge in [-0.15, -0.1) is 12.4 Å². The van der Waals surface area contributed by atoms with E-state index < -0.39 is 18.8 Å². The smallest absolute Gasteiger partial charge is 0.408 e. The van der Waals surface area contributed by atoms with Crippen LogP contribution >= 0.6 is 12.4 Å². The molecule has 0 radical (unpaired) electrons. The van der Waals surface area contributed by atoms with Gasteiger partial charge in [-0.25, -0.2) is 0 Å². The molecule has 1 aromatic carbocycles. The lowest BCUT2D eigenvalue weighted by Crippen LogP contribution is -2.49. The average Bonchev–Trinajstić information content (AvgIpc) is 2.38. The van der Waals surface area contributed by atoms with Gasteiger partial charge in [-0.3, -0.25) is 4.90 Å². The maximum atomic E-state index is 13.3. The normalized spacial score (nSPS) is 17.9. The van der Waals surface area contributed by atoms with Crippen LogP contribution in [0.25, 0.3) is 0 Å². The molecule has 0 amide bonds. The zero-order valence-corrected chi connectivity index (χ0v) is 12.3. The minimum absolute atomic E-state index is 0. The van der Waals surface area contributed by atoms with Crippen molar-refractivity contribution >= 4 is 12.4 Å². The van der Waals surface area contributed by atoms with E-state index in [1.54, 1.807) is 0 Å². The maximum absolute atomic E-state index is 13.3. The van der Waals surface area contributed by atoms with Crippen molar-refractivity contribution in [3.63, 3.8) is 0 Å². The predicted molar refractivity (Wildman–Crippen MR) is 73.6 cm³/mol. The SMILES string of the molecule is Cl.FC(F)Oc1cccc([C@@H](N2CCNCC2)C(F)(F)F)c1. The highest BCUT2D eigenvalue weighted by Crippen LogP contribution is 2.38. The van der Waals surface area contributed by atoms with Crippen molar-refractivity contribution in [3.05, 3.63) is 29.8 Å². The van der Waals surface area contributed by atoms with E-state index in [0.717, 1.165) is 6.07 Å². The summed E-state index contributed by atoms with van der Waals surface area (Å²) in [5.41, 5.74) is -0.0949. The fourth-order valence-corrected chi connectivity index (χ4v) is 2.41. The van der Waals surface area contributed by atoms with Crippen LogP contribution in [0, 0.1) is 0 Å². The highest BCUT2D eigenvalue weighted by molar-refractivity contribution is 5.85. The molecule has 0 aromatic heterocycles. The molecule has 3 nitrogen and oxygen atoms in total. The molecule has 1 heterocycles. The molecule has 2 rings (SSSR count). The van der Waals surface area contributed by atoms with Gasteiger partial charge < -0.3 is 10.1 Å². The Morgan fingerprint density at radius 2 is 1.77 bits per heavy atom. The predicted octanol–water partition coefficient (Wildman–Crippen LogP) is 3.22. The molecular formula is C13H16ClF5N2O. The molecule has 1 aliphatic heterocycles. The number of benzene rings is 1. The first-order chi connectivity index (χ1) is 9.88. The number of alkyl halides is 5. The van der Waals surface area contributed by atoms with Crippen molar-refractivity contribution < 1.29 is 26.7 Å². The van der Waals surface area contributed by atoms with E-state index in [1.165, 1.54) is 23.1 Å². The van der Waals surface area contributed by atoms with Gasteiger partial charge in [-0.05, 0) is 17.7 Å². The van der Waals surface area contributed by atoms with Crippen molar-refractivity contribution in [3.8, 4) is 5.75 Å². The summed E-state index contributed by atoms with van der Waals surface area (Å²) in [4.78, 5) is 1.29. The summed E-state index contributed by atoms with van der Waals surface area (Å²) in [6.45, 7) is -1.67. The summed E-state index contributed by atoms with van der Waals surface area (Å²) in [6, 6.07) is 2.97. The van der Waals surface area contributed by atoms with Crippen LogP contribution in [0.15, 0.2) is 24.3 Å². The topological polar surface area (TPSA) is 24.5 Å². The number of piperazine rings is 1. The molecule has 22 heavy (non-hydrogen) atoms. The Bertz CT molecular complexity index is 466. The van der Waals surface area contributed by atoms with Gasteiger partial charge in [0.05, 0.1) is 0 Å². The molecule has 0 unspecified atom stereocenters. The van der Waals surface area contributed by atoms with Crippen molar-refractivity contribution in [1.29, 1.82) is 0 Å². The van der Waals surface area contributed by atoms with Gasteiger partial charge in [-0.2, -0.15) is 22.0 Å². The molecule has 0 bridgehead atoms. The van der Waals surface area contributed by atoms with Gasteiger partial charge in [0.2, 0.25) is 0 Å². The van der Waals surface area contributed by atoms with Gasteiger partial charge in [0.1, 0.15) is 11.8 Å². The Hall–Kier alpha value is -1.12. The molecule has 1 saturated heterocycles. The van der Waals surface area contributed by atoms with Crippen molar-refractivity contribution in [2.45, 2.75) is 18.8 Å². The quantitative estimate of drug-likeness (QED) is 0.847. The van der Waals surface area contributed by atoms with E-state index in [1.807, 2.05) is 0 Å². The molecule has 0 saturated carbocycles. The van der Waals surface area contributed by atoms with Gasteiger partial charge in [0, 0.05) is 26.2 Å². The highest BCUT2D eigenvalue weighted by atomic mass is 35.5. The van der Waals surface area contributed by atoms with Crippen LogP contribution < -0.4 is 10.1 Å². The van der Waals surface area contributed by atoms with E-state index >= 15 is 0 Å². The molecular weight excluding hydrogens is 331 g/mol. The van der Waals surface area contributed by atoms with Gasteiger partial charge >= 0.3 is 12.8 Å². The fraction of sp³-hybridized carbons (Fsp3) is 0.538. The first kappa shape index (κ1) is 18.9. The first-order valence-corrected chi connectivity index (χ1v) is 6.44. The lowest BCUT2D eigenvalue weighted by atomic mass is 10.0. The number of hydrogen-bond donors (Lipinski definition) is 1. The van der Waals surface area contributed by atoms with Crippen molar-refractivity contribution in [2.24, 2.45) is 0 Å². The average molecular weight is 347 g/mol. The molecule has 1 N–H and O–H groups in total. The van der Waals surface area contributed by atoms with E-state index in [4.69, 9.17) is 0 Å². The van der Waals surface area contributed by atoms with E-state index in [0.29, 0.717) is 13.1 Å². The first-order valence-electron chi connectivity index (χ1n) is 6.44. The lowest BCUT2D eigenvalue weighted by molar-refractivity contribution is -0.187. The number of nitrogens with one attached hydrogen (secondary N) is 1. The maximum Gasteiger partial charge on any atom is 0.408 e. The Balaban J connectivity index is 0.00000242. The van der Waals surface area contributed by atoms with Crippen molar-refractivity contribution in [1.82, 2.24) is 10.2 Å². The van der Waals surface area contributed by atoms with Crippen LogP contribution in [-0.4, -0.2) is 43.9 Å². The zero-order valence-electron chi connectivity index (χ0n) is 11.4. The third-order valence-electron chi connectivity index (χ3n) is 3.23. The minimum atomic E-state index is -4.49. The van der Waals surface area contributed by atoms with Crippen LogP contribution in [0.2, 0.25) is 0 Å². The second kappa shape index (κ2) is 7.94. The molecule has 1 atom stereocenters. The van der Waals surface area contributed by atoms with Crippen LogP contribution in [0.4, 0.5) is 22.0 Å². The summed E-state index contributed by atoms with van der Waals surface area (Å²) >= 11 is 0. The lowest BCUT2D eigenvalue weighted by Gasteiger charge is -2.36. The zero-order chi connectivity index (χ0) is 15.5. The van der Waals surface area contributed by atoms with Gasteiger partial charge in [-0.1, -0.05) is 12.1 Å². The molecule has 1 aromatic rings. The second-order valence-corrected chi connectivity index (χ2v) is 4.68. The Morgan fingerprint density at radius 3 is 2.32 bits per heavy atom. The summed E-state index contributed by atoms with van der Waals surface area (Å²) in [7, 11) is 0. The Morgan fingerprint density at radius 1 is 1.14 bits per heavy atom. The Kier molecular flexibility index (Phi) is 6.83. The summed E-state index contributed by atoms with van der Waals surface area (Å²) in [5, 5.41) is 2.98. The number of rotatable bonds is 4. The largest absolute Gasteiger partial charge is 0.435 e. The van der Waals surface area contributed by atoms with Crippen LogP contribution in [0.3, 0.4) is 0 Å². The highest BCUT2D eigenvalue weighted by Gasteiger charge is 2.45. The van der Waals surface area contributed by atoms with Crippen LogP contribution in [0.5, 0.6) is 5.75 Å². The summed E-state index contributed by atoms with van der Waals surface area (Å²) < 4.78 is 68.5. The van der Waals surface area contributed by atoms with E-state index in [9.17, 15) is 22.0 Å². The summed E-state index contributed by atoms with van der Waals surface area (Å²) in [6.07, 6.45) is -4.49. The number of hydrogen-bond acceptors (Lipinski definition) is 3. The fourth-order valence-electron chi connectivity index (χ4n) is 2.41. The molecule has 126 valence electrons. The van der Waals surface area contributed by atoms with E-state index in [2.05, 4.69) is 10.1 Å². The Labute approximate surface area is 130 Å². The van der Waals surface area contributed by atoms with Gasteiger partial charge in [0.25, 0.3) is 0 Å². The second-order valence-electron chi connectivity index (χ2n) is 4.68. The third kappa shape index (κ3) is 4.96. The van der Waals surface area contributed by atoms with E-state index in [-0.39, 0.29) is 36.8 Å². The van der Waals surface area contributed by atoms with Crippen molar-refractivity contribution in [2.75, 3.05) is 26.2 Å². The molecule has 9 heteroatoms. The molecule has 1 aliphatic rings. The minimum Gasteiger partial charge on any atom is -0.435 e. The number of nitrogens with zero attached hydrogens (tertiary/aromatic N) is 1. The standard InChI is InChI=1S/C13H15F5N2O.ClH/c14-12(15)21-10-3-1-2-9(8-10)11(13(16,17)18)20-6-4-19-5-7-20;/h1-3,8,11-12,19H,4-7H2;1H/t11-;/m1./s1. The molecule has 0 aliphatic carbocycles. The monoisotopic (exact) mass is 346 g/mol. The van der Waals surface area contributed by atoms with Gasteiger partial charge in [0.15, 0.2) is 0 Å². The molecule has 1 fully saturated rings. The third-order valence-corrected chi connectivity index (χ3v) is 3.23. The van der Waals surface area contributed by atoms with Crippen LogP contribution in [0.1, 0.15) is 11.6 Å². The number of halogens is 6. The van der Waals surface area contributed by atoms with Crippen LogP contribution in [-0.2, 0) is 0 Å². The summed E-state index contributed by atoms with van der Waals surface area (Å²) in [5.74, 6) is -0.271. The molecule has 0 spiro atoms. The number of ether oxygens (including phenoxy) is 1.